The van der Waals surface area contributed by atoms with E-state index in [1.165, 1.54) is 5.56 Å². The van der Waals surface area contributed by atoms with Gasteiger partial charge in [0, 0.05) is 25.2 Å². The molecule has 1 aliphatic rings. The largest absolute Gasteiger partial charge is 0.295 e. The monoisotopic (exact) mass is 281 g/mol. The minimum Gasteiger partial charge on any atom is -0.295 e. The Bertz CT molecular complexity index is 646. The summed E-state index contributed by atoms with van der Waals surface area (Å²) < 4.78 is 13.9. The highest BCUT2D eigenvalue weighted by Crippen LogP contribution is 2.26. The van der Waals surface area contributed by atoms with E-state index in [0.717, 1.165) is 42.8 Å². The second-order valence-electron chi connectivity index (χ2n) is 5.68. The molecule has 0 unspecified atom stereocenters. The predicted molar refractivity (Wildman–Crippen MR) is 85.5 cm³/mol. The summed E-state index contributed by atoms with van der Waals surface area (Å²) in [7, 11) is 0. The molecule has 0 fully saturated rings. The first-order chi connectivity index (χ1) is 10.2. The van der Waals surface area contributed by atoms with Crippen LogP contribution in [0.25, 0.3) is 5.57 Å². The van der Waals surface area contributed by atoms with Crippen LogP contribution < -0.4 is 0 Å². The minimum atomic E-state index is -0.108. The summed E-state index contributed by atoms with van der Waals surface area (Å²) in [4.78, 5) is 2.40. The van der Waals surface area contributed by atoms with Crippen LogP contribution in [0, 0.1) is 12.7 Å². The number of hydrogen-bond donors (Lipinski definition) is 0. The molecular weight excluding hydrogens is 261 g/mol. The van der Waals surface area contributed by atoms with Gasteiger partial charge >= 0.3 is 0 Å². The lowest BCUT2D eigenvalue weighted by molar-refractivity contribution is 0.293. The predicted octanol–water partition coefficient (Wildman–Crippen LogP) is 4.42. The third kappa shape index (κ3) is 3.40. The van der Waals surface area contributed by atoms with Crippen molar-refractivity contribution >= 4 is 5.57 Å². The van der Waals surface area contributed by atoms with Gasteiger partial charge in [-0.15, -0.1) is 0 Å². The Morgan fingerprint density at radius 2 is 1.90 bits per heavy atom. The normalized spacial score (nSPS) is 15.8. The first-order valence-electron chi connectivity index (χ1n) is 7.44. The lowest BCUT2D eigenvalue weighted by atomic mass is 9.97. The van der Waals surface area contributed by atoms with Crippen molar-refractivity contribution in [3.63, 3.8) is 0 Å². The Morgan fingerprint density at radius 3 is 2.62 bits per heavy atom. The first-order valence-corrected chi connectivity index (χ1v) is 7.44. The van der Waals surface area contributed by atoms with E-state index in [1.807, 2.05) is 25.1 Å². The highest BCUT2D eigenvalue weighted by Gasteiger charge is 2.15. The van der Waals surface area contributed by atoms with Gasteiger partial charge in [-0.1, -0.05) is 48.0 Å². The van der Waals surface area contributed by atoms with Crippen molar-refractivity contribution in [2.24, 2.45) is 0 Å². The highest BCUT2D eigenvalue weighted by atomic mass is 19.1. The first kappa shape index (κ1) is 14.0. The van der Waals surface area contributed by atoms with E-state index in [4.69, 9.17) is 0 Å². The molecule has 0 amide bonds. The van der Waals surface area contributed by atoms with Crippen molar-refractivity contribution < 1.29 is 4.39 Å². The third-order valence-electron chi connectivity index (χ3n) is 4.01. The van der Waals surface area contributed by atoms with Crippen molar-refractivity contribution in [1.82, 2.24) is 4.90 Å². The van der Waals surface area contributed by atoms with E-state index in [-0.39, 0.29) is 5.82 Å². The van der Waals surface area contributed by atoms with Crippen LogP contribution in [0.15, 0.2) is 54.6 Å². The molecule has 3 rings (SSSR count). The molecule has 21 heavy (non-hydrogen) atoms. The van der Waals surface area contributed by atoms with Gasteiger partial charge in [0.05, 0.1) is 0 Å². The Balaban J connectivity index is 1.70. The molecule has 0 radical (unpaired) electrons. The van der Waals surface area contributed by atoms with Gasteiger partial charge in [0.15, 0.2) is 0 Å². The summed E-state index contributed by atoms with van der Waals surface area (Å²) in [6.45, 7) is 4.83. The van der Waals surface area contributed by atoms with Crippen molar-refractivity contribution in [1.29, 1.82) is 0 Å². The van der Waals surface area contributed by atoms with Gasteiger partial charge < -0.3 is 0 Å². The molecule has 0 aliphatic carbocycles. The number of aryl methyl sites for hydroxylation is 1. The third-order valence-corrected chi connectivity index (χ3v) is 4.01. The van der Waals surface area contributed by atoms with Gasteiger partial charge in [0.2, 0.25) is 0 Å². The fourth-order valence-electron chi connectivity index (χ4n) is 2.83. The molecule has 0 aromatic heterocycles. The number of rotatable bonds is 3. The zero-order valence-corrected chi connectivity index (χ0v) is 12.3. The minimum absolute atomic E-state index is 0.108. The van der Waals surface area contributed by atoms with Crippen molar-refractivity contribution in [2.45, 2.75) is 19.9 Å². The zero-order chi connectivity index (χ0) is 14.7. The van der Waals surface area contributed by atoms with Crippen LogP contribution in [0.2, 0.25) is 0 Å². The lowest BCUT2D eigenvalue weighted by Crippen LogP contribution is -2.28. The lowest BCUT2D eigenvalue weighted by Gasteiger charge is -2.26. The van der Waals surface area contributed by atoms with E-state index >= 15 is 0 Å². The maximum absolute atomic E-state index is 13.9. The summed E-state index contributed by atoms with van der Waals surface area (Å²) in [5, 5.41) is 0. The smallest absolute Gasteiger partial charge is 0.130 e. The fourth-order valence-corrected chi connectivity index (χ4v) is 2.83. The van der Waals surface area contributed by atoms with Crippen LogP contribution in [0.4, 0.5) is 4.39 Å². The molecule has 2 aromatic carbocycles. The molecule has 0 saturated carbocycles. The molecule has 2 heteroatoms. The molecule has 2 aromatic rings. The second kappa shape index (κ2) is 6.23. The van der Waals surface area contributed by atoms with Gasteiger partial charge in [-0.3, -0.25) is 4.90 Å². The van der Waals surface area contributed by atoms with Crippen LogP contribution >= 0.6 is 0 Å². The molecule has 1 nitrogen and oxygen atoms in total. The van der Waals surface area contributed by atoms with Gasteiger partial charge in [0.1, 0.15) is 5.82 Å². The highest BCUT2D eigenvalue weighted by molar-refractivity contribution is 5.67. The van der Waals surface area contributed by atoms with Crippen LogP contribution in [-0.4, -0.2) is 18.0 Å². The number of hydrogen-bond acceptors (Lipinski definition) is 1. The summed E-state index contributed by atoms with van der Waals surface area (Å²) in [5.41, 5.74) is 4.35. The molecular formula is C19H20FN. The van der Waals surface area contributed by atoms with E-state index in [1.54, 1.807) is 6.07 Å². The fraction of sp³-hybridized carbons (Fsp3) is 0.263. The van der Waals surface area contributed by atoms with Crippen molar-refractivity contribution in [3.05, 3.63) is 77.1 Å². The van der Waals surface area contributed by atoms with E-state index in [9.17, 15) is 4.39 Å². The number of halogens is 1. The van der Waals surface area contributed by atoms with E-state index < -0.39 is 0 Å². The molecule has 1 aliphatic heterocycles. The maximum Gasteiger partial charge on any atom is 0.130 e. The molecule has 0 saturated heterocycles. The van der Waals surface area contributed by atoms with Gasteiger partial charge in [-0.05, 0) is 36.6 Å². The second-order valence-corrected chi connectivity index (χ2v) is 5.68. The Labute approximate surface area is 125 Å². The zero-order valence-electron chi connectivity index (χ0n) is 12.3. The van der Waals surface area contributed by atoms with Crippen LogP contribution in [-0.2, 0) is 6.54 Å². The SMILES string of the molecule is Cc1ccc(F)c(C2=CCN(Cc3ccccc3)CC2)c1. The quantitative estimate of drug-likeness (QED) is 0.805. The molecule has 1 heterocycles. The average Bonchev–Trinajstić information content (AvgIpc) is 2.52. The Morgan fingerprint density at radius 1 is 1.10 bits per heavy atom. The van der Waals surface area contributed by atoms with Crippen LogP contribution in [0.3, 0.4) is 0 Å². The summed E-state index contributed by atoms with van der Waals surface area (Å²) in [5.74, 6) is -0.108. The summed E-state index contributed by atoms with van der Waals surface area (Å²) in [6, 6.07) is 15.8. The summed E-state index contributed by atoms with van der Waals surface area (Å²) in [6.07, 6.45) is 3.08. The van der Waals surface area contributed by atoms with Crippen LogP contribution in [0.1, 0.15) is 23.1 Å². The maximum atomic E-state index is 13.9. The summed E-state index contributed by atoms with van der Waals surface area (Å²) >= 11 is 0. The van der Waals surface area contributed by atoms with Gasteiger partial charge in [0.25, 0.3) is 0 Å². The molecule has 0 atom stereocenters. The average molecular weight is 281 g/mol. The Kier molecular flexibility index (Phi) is 4.16. The van der Waals surface area contributed by atoms with Crippen molar-refractivity contribution in [3.8, 4) is 0 Å². The van der Waals surface area contributed by atoms with Gasteiger partial charge in [-0.2, -0.15) is 0 Å². The topological polar surface area (TPSA) is 3.24 Å². The van der Waals surface area contributed by atoms with Gasteiger partial charge in [-0.25, -0.2) is 4.39 Å². The van der Waals surface area contributed by atoms with E-state index in [2.05, 4.69) is 35.2 Å². The van der Waals surface area contributed by atoms with Crippen LogP contribution in [0.5, 0.6) is 0 Å². The molecule has 0 bridgehead atoms. The Hall–Kier alpha value is -1.93. The number of nitrogens with zero attached hydrogens (tertiary/aromatic N) is 1. The molecule has 108 valence electrons. The van der Waals surface area contributed by atoms with Crippen molar-refractivity contribution in [2.75, 3.05) is 13.1 Å². The standard InChI is InChI=1S/C19H20FN/c1-15-7-8-19(20)18(13-15)17-9-11-21(12-10-17)14-16-5-3-2-4-6-16/h2-9,13H,10-12,14H2,1H3. The molecule has 0 spiro atoms. The number of benzene rings is 2. The molecule has 0 N–H and O–H groups in total. The van der Waals surface area contributed by atoms with E-state index in [0.29, 0.717) is 0 Å².